The first kappa shape index (κ1) is 27.6. The Morgan fingerprint density at radius 2 is 2.03 bits per heavy atom. The van der Waals surface area contributed by atoms with Gasteiger partial charge in [-0.25, -0.2) is 13.8 Å². The standard InChI is InChI=1S/C26H24F2N7O3S/c1-13-21(8-7-15-5-6-15)39-26(33-13)34-24(36)18-11-32-22(35(3)25(30)38-14(2)29)10-16(18)17-9-19(23(27)28)31-12-20(17)37-4/h9-12,15,23,29H,5-6H2,1-4H3,(H,33,34,36)/q-1. The van der Waals surface area contributed by atoms with Gasteiger partial charge < -0.3 is 19.8 Å². The van der Waals surface area contributed by atoms with E-state index in [-0.39, 0.29) is 34.2 Å². The van der Waals surface area contributed by atoms with Crippen molar-refractivity contribution in [2.24, 2.45) is 5.92 Å². The van der Waals surface area contributed by atoms with E-state index in [1.807, 2.05) is 0 Å². The van der Waals surface area contributed by atoms with Gasteiger partial charge in [0.1, 0.15) is 22.3 Å². The van der Waals surface area contributed by atoms with Gasteiger partial charge in [0.05, 0.1) is 30.4 Å². The summed E-state index contributed by atoms with van der Waals surface area (Å²) in [5.41, 5.74) is 0.518. The number of anilines is 2. The summed E-state index contributed by atoms with van der Waals surface area (Å²) in [6, 6.07) is 1.88. The third-order valence-electron chi connectivity index (χ3n) is 5.62. The van der Waals surface area contributed by atoms with Gasteiger partial charge in [0, 0.05) is 30.2 Å². The molecule has 202 valence electrons. The lowest BCUT2D eigenvalue weighted by molar-refractivity contribution is 0.102. The summed E-state index contributed by atoms with van der Waals surface area (Å²) in [6.45, 7) is 3.13. The normalized spacial score (nSPS) is 12.4. The van der Waals surface area contributed by atoms with Crippen LogP contribution >= 0.6 is 11.3 Å². The highest BCUT2D eigenvalue weighted by Crippen LogP contribution is 2.36. The highest BCUT2D eigenvalue weighted by atomic mass is 32.1. The molecule has 1 amide bonds. The lowest BCUT2D eigenvalue weighted by atomic mass is 10.00. The summed E-state index contributed by atoms with van der Waals surface area (Å²) in [6.07, 6.45) is 1.68. The van der Waals surface area contributed by atoms with Crippen molar-refractivity contribution in [3.8, 4) is 28.7 Å². The van der Waals surface area contributed by atoms with Crippen molar-refractivity contribution in [2.45, 2.75) is 33.1 Å². The summed E-state index contributed by atoms with van der Waals surface area (Å²) in [5.74, 6) is 6.06. The van der Waals surface area contributed by atoms with E-state index in [9.17, 15) is 19.0 Å². The number of aryl methyl sites for hydroxylation is 1. The summed E-state index contributed by atoms with van der Waals surface area (Å²) in [4.78, 5) is 27.7. The third kappa shape index (κ3) is 6.53. The van der Waals surface area contributed by atoms with Crippen LogP contribution in [0, 0.1) is 30.1 Å². The van der Waals surface area contributed by atoms with Crippen molar-refractivity contribution in [1.82, 2.24) is 15.0 Å². The molecular formula is C26H24F2N7O3S-. The number of pyridine rings is 2. The highest BCUT2D eigenvalue weighted by Gasteiger charge is 2.22. The molecule has 3 aromatic heterocycles. The minimum Gasteiger partial charge on any atom is -0.494 e. The lowest BCUT2D eigenvalue weighted by Crippen LogP contribution is -2.29. The molecule has 0 bridgehead atoms. The fraction of sp³-hybridized carbons (Fsp3) is 0.308. The van der Waals surface area contributed by atoms with Gasteiger partial charge in [0.2, 0.25) is 0 Å². The smallest absolute Gasteiger partial charge is 0.280 e. The van der Waals surface area contributed by atoms with Crippen LogP contribution in [0.25, 0.3) is 16.5 Å². The number of amides is 1. The van der Waals surface area contributed by atoms with Crippen molar-refractivity contribution in [2.75, 3.05) is 24.4 Å². The van der Waals surface area contributed by atoms with Crippen LogP contribution in [0.1, 0.15) is 52.8 Å². The number of alkyl halides is 2. The first-order chi connectivity index (χ1) is 18.6. The summed E-state index contributed by atoms with van der Waals surface area (Å²) in [7, 11) is 2.76. The maximum atomic E-state index is 13.5. The fourth-order valence-corrected chi connectivity index (χ4v) is 4.23. The van der Waals surface area contributed by atoms with Crippen LogP contribution in [0.15, 0.2) is 24.5 Å². The number of amidine groups is 1. The van der Waals surface area contributed by atoms with Crippen LogP contribution in [0.3, 0.4) is 0 Å². The molecule has 3 aromatic rings. The molecule has 2 N–H and O–H groups in total. The van der Waals surface area contributed by atoms with Gasteiger partial charge in [-0.15, -0.1) is 0 Å². The first-order valence-electron chi connectivity index (χ1n) is 11.7. The Labute approximate surface area is 227 Å². The minimum absolute atomic E-state index is 0.0268. The largest absolute Gasteiger partial charge is 0.494 e. The van der Waals surface area contributed by atoms with Crippen LogP contribution in [0.4, 0.5) is 19.7 Å². The number of rotatable bonds is 6. The van der Waals surface area contributed by atoms with Crippen LogP contribution in [0.2, 0.25) is 0 Å². The third-order valence-corrected chi connectivity index (χ3v) is 6.60. The Morgan fingerprint density at radius 3 is 2.67 bits per heavy atom. The number of aromatic nitrogens is 3. The fourth-order valence-electron chi connectivity index (χ4n) is 3.41. The van der Waals surface area contributed by atoms with Gasteiger partial charge in [-0.3, -0.25) is 25.5 Å². The number of hydrogen-bond acceptors (Lipinski definition) is 8. The number of nitrogens with one attached hydrogen (secondary N) is 2. The van der Waals surface area contributed by atoms with E-state index in [0.717, 1.165) is 34.9 Å². The molecule has 13 heteroatoms. The molecule has 4 rings (SSSR count). The second kappa shape index (κ2) is 11.5. The summed E-state index contributed by atoms with van der Waals surface area (Å²) >= 11 is 1.23. The van der Waals surface area contributed by atoms with Crippen LogP contribution in [-0.4, -0.2) is 46.9 Å². The molecule has 3 heterocycles. The van der Waals surface area contributed by atoms with Crippen LogP contribution in [-0.2, 0) is 4.74 Å². The number of thiazole rings is 1. The molecule has 1 saturated carbocycles. The second-order valence-electron chi connectivity index (χ2n) is 8.63. The van der Waals surface area contributed by atoms with E-state index in [1.165, 1.54) is 44.7 Å². The number of hydrogen-bond donors (Lipinski definition) is 2. The average Bonchev–Trinajstić information content (AvgIpc) is 3.67. The topological polar surface area (TPSA) is 136 Å². The molecule has 1 aliphatic carbocycles. The molecule has 10 nitrogen and oxygen atoms in total. The second-order valence-corrected chi connectivity index (χ2v) is 9.63. The number of nitrogens with zero attached hydrogens (tertiary/aromatic N) is 5. The Morgan fingerprint density at radius 1 is 1.28 bits per heavy atom. The van der Waals surface area contributed by atoms with E-state index >= 15 is 0 Å². The number of carbonyl (C=O) groups excluding carboxylic acids is 1. The van der Waals surface area contributed by atoms with Gasteiger partial charge in [0.25, 0.3) is 12.3 Å². The molecule has 0 radical (unpaired) electrons. The maximum Gasteiger partial charge on any atom is 0.280 e. The number of ether oxygens (including phenoxy) is 2. The maximum absolute atomic E-state index is 13.5. The van der Waals surface area contributed by atoms with Gasteiger partial charge in [-0.05, 0) is 31.9 Å². The van der Waals surface area contributed by atoms with E-state index in [1.54, 1.807) is 6.92 Å². The van der Waals surface area contributed by atoms with Crippen molar-refractivity contribution in [3.63, 3.8) is 0 Å². The Kier molecular flexibility index (Phi) is 8.15. The van der Waals surface area contributed by atoms with E-state index < -0.39 is 24.0 Å². The van der Waals surface area contributed by atoms with E-state index in [4.69, 9.17) is 14.9 Å². The van der Waals surface area contributed by atoms with Crippen molar-refractivity contribution < 1.29 is 23.0 Å². The minimum atomic E-state index is -2.87. The zero-order valence-electron chi connectivity index (χ0n) is 21.5. The zero-order chi connectivity index (χ0) is 28.3. The lowest BCUT2D eigenvalue weighted by Gasteiger charge is -2.28. The Bertz CT molecular complexity index is 1510. The summed E-state index contributed by atoms with van der Waals surface area (Å²) in [5, 5.41) is 20.7. The highest BCUT2D eigenvalue weighted by molar-refractivity contribution is 7.16. The van der Waals surface area contributed by atoms with Gasteiger partial charge in [0.15, 0.2) is 11.0 Å². The Balaban J connectivity index is 1.76. The molecule has 0 aromatic carbocycles. The van der Waals surface area contributed by atoms with E-state index in [0.29, 0.717) is 16.7 Å². The number of halogens is 2. The molecule has 0 unspecified atom stereocenters. The van der Waals surface area contributed by atoms with Gasteiger partial charge in [-0.2, -0.15) is 0 Å². The van der Waals surface area contributed by atoms with Crippen molar-refractivity contribution in [3.05, 3.63) is 51.8 Å². The molecule has 0 saturated heterocycles. The van der Waals surface area contributed by atoms with Crippen LogP contribution < -0.4 is 15.0 Å². The van der Waals surface area contributed by atoms with Crippen molar-refractivity contribution >= 4 is 40.1 Å². The summed E-state index contributed by atoms with van der Waals surface area (Å²) < 4.78 is 37.4. The molecule has 0 aliphatic heterocycles. The predicted molar refractivity (Wildman–Crippen MR) is 145 cm³/mol. The average molecular weight is 553 g/mol. The Hall–Kier alpha value is -4.44. The molecule has 39 heavy (non-hydrogen) atoms. The zero-order valence-corrected chi connectivity index (χ0v) is 22.3. The SMILES string of the molecule is COc1cnc(C(F)F)cc1-c1cc(N(C)C(=[N-])OC(C)=N)ncc1C(=O)Nc1nc(C)c(C#CC2CC2)s1. The molecule has 1 aliphatic rings. The molecule has 0 atom stereocenters. The predicted octanol–water partition coefficient (Wildman–Crippen LogP) is 5.24. The monoisotopic (exact) mass is 552 g/mol. The van der Waals surface area contributed by atoms with Crippen LogP contribution in [0.5, 0.6) is 5.75 Å². The quantitative estimate of drug-likeness (QED) is 0.242. The van der Waals surface area contributed by atoms with Gasteiger partial charge >= 0.3 is 0 Å². The van der Waals surface area contributed by atoms with Gasteiger partial charge in [-0.1, -0.05) is 30.2 Å². The first-order valence-corrected chi connectivity index (χ1v) is 12.5. The molecule has 1 fully saturated rings. The molecular weight excluding hydrogens is 528 g/mol. The number of methoxy groups -OCH3 is 1. The number of carbonyl (C=O) groups is 1. The molecule has 0 spiro atoms. The van der Waals surface area contributed by atoms with Crippen molar-refractivity contribution in [1.29, 1.82) is 5.41 Å². The van der Waals surface area contributed by atoms with E-state index in [2.05, 4.69) is 32.1 Å².